The maximum atomic E-state index is 13.3. The number of ether oxygens (including phenoxy) is 1. The van der Waals surface area contributed by atoms with E-state index in [2.05, 4.69) is 4.98 Å². The first-order chi connectivity index (χ1) is 9.99. The Bertz CT molecular complexity index is 640. The van der Waals surface area contributed by atoms with Crippen molar-refractivity contribution in [1.82, 2.24) is 4.98 Å². The molecule has 0 aliphatic carbocycles. The summed E-state index contributed by atoms with van der Waals surface area (Å²) in [4.78, 5) is 4.11. The standard InChI is InChI=1S/C15H18FNO3S/c1-10(2)14-7-17-15(20-14)9-21(18)8-11-6-12(16)4-5-13(11)19-3/h4-7,10H,8-9H2,1-3H3. The highest BCUT2D eigenvalue weighted by Gasteiger charge is 2.13. The Hall–Kier alpha value is -1.69. The van der Waals surface area contributed by atoms with Gasteiger partial charge in [0.15, 0.2) is 0 Å². The van der Waals surface area contributed by atoms with Gasteiger partial charge in [-0.3, -0.25) is 4.21 Å². The van der Waals surface area contributed by atoms with Gasteiger partial charge in [-0.25, -0.2) is 9.37 Å². The second-order valence-corrected chi connectivity index (χ2v) is 6.45. The summed E-state index contributed by atoms with van der Waals surface area (Å²) in [6.07, 6.45) is 1.65. The quantitative estimate of drug-likeness (QED) is 0.820. The molecule has 1 aromatic carbocycles. The van der Waals surface area contributed by atoms with E-state index < -0.39 is 10.8 Å². The summed E-state index contributed by atoms with van der Waals surface area (Å²) in [7, 11) is 0.258. The molecule has 0 aliphatic rings. The Labute approximate surface area is 125 Å². The highest BCUT2D eigenvalue weighted by Crippen LogP contribution is 2.22. The van der Waals surface area contributed by atoms with Crippen LogP contribution >= 0.6 is 0 Å². The third-order valence-electron chi connectivity index (χ3n) is 2.98. The highest BCUT2D eigenvalue weighted by molar-refractivity contribution is 7.83. The first kappa shape index (κ1) is 15.7. The summed E-state index contributed by atoms with van der Waals surface area (Å²) < 4.78 is 36.1. The van der Waals surface area contributed by atoms with Crippen LogP contribution in [0.2, 0.25) is 0 Å². The summed E-state index contributed by atoms with van der Waals surface area (Å²) in [5.41, 5.74) is 0.575. The zero-order valence-corrected chi connectivity index (χ0v) is 13.1. The lowest BCUT2D eigenvalue weighted by Gasteiger charge is -2.07. The van der Waals surface area contributed by atoms with Crippen molar-refractivity contribution < 1.29 is 17.8 Å². The van der Waals surface area contributed by atoms with Gasteiger partial charge in [0.25, 0.3) is 0 Å². The third-order valence-corrected chi connectivity index (χ3v) is 4.19. The number of oxazole rings is 1. The van der Waals surface area contributed by atoms with Crippen LogP contribution in [-0.2, 0) is 22.3 Å². The monoisotopic (exact) mass is 311 g/mol. The Morgan fingerprint density at radius 1 is 1.38 bits per heavy atom. The summed E-state index contributed by atoms with van der Waals surface area (Å²) in [6, 6.07) is 4.18. The number of benzene rings is 1. The molecule has 4 nitrogen and oxygen atoms in total. The molecule has 0 aliphatic heterocycles. The number of hydrogen-bond acceptors (Lipinski definition) is 4. The van der Waals surface area contributed by atoms with Crippen LogP contribution in [-0.4, -0.2) is 16.3 Å². The molecule has 1 atom stereocenters. The van der Waals surface area contributed by atoms with E-state index in [1.165, 1.54) is 25.3 Å². The van der Waals surface area contributed by atoms with Gasteiger partial charge in [-0.1, -0.05) is 13.8 Å². The molecule has 2 aromatic rings. The summed E-state index contributed by atoms with van der Waals surface area (Å²) in [6.45, 7) is 4.00. The zero-order chi connectivity index (χ0) is 15.4. The van der Waals surface area contributed by atoms with Crippen LogP contribution in [0, 0.1) is 5.82 Å². The van der Waals surface area contributed by atoms with Crippen molar-refractivity contribution in [2.75, 3.05) is 7.11 Å². The smallest absolute Gasteiger partial charge is 0.206 e. The number of rotatable bonds is 6. The largest absolute Gasteiger partial charge is 0.496 e. The molecule has 0 N–H and O–H groups in total. The Morgan fingerprint density at radius 3 is 2.76 bits per heavy atom. The van der Waals surface area contributed by atoms with Crippen LogP contribution < -0.4 is 4.74 Å². The summed E-state index contributed by atoms with van der Waals surface area (Å²) >= 11 is 0. The van der Waals surface area contributed by atoms with Gasteiger partial charge in [0.2, 0.25) is 5.89 Å². The molecule has 0 bridgehead atoms. The number of methoxy groups -OCH3 is 1. The fourth-order valence-electron chi connectivity index (χ4n) is 1.88. The molecule has 6 heteroatoms. The molecular formula is C15H18FNO3S. The molecule has 1 unspecified atom stereocenters. The van der Waals surface area contributed by atoms with Gasteiger partial charge in [-0.15, -0.1) is 0 Å². The molecule has 0 spiro atoms. The topological polar surface area (TPSA) is 52.3 Å². The van der Waals surface area contributed by atoms with E-state index in [-0.39, 0.29) is 23.2 Å². The van der Waals surface area contributed by atoms with E-state index in [9.17, 15) is 8.60 Å². The van der Waals surface area contributed by atoms with Crippen LogP contribution in [0.5, 0.6) is 5.75 Å². The van der Waals surface area contributed by atoms with E-state index in [1.54, 1.807) is 6.20 Å². The van der Waals surface area contributed by atoms with E-state index >= 15 is 0 Å². The van der Waals surface area contributed by atoms with Crippen LogP contribution in [0.15, 0.2) is 28.8 Å². The maximum absolute atomic E-state index is 13.3. The van der Waals surface area contributed by atoms with Crippen molar-refractivity contribution >= 4 is 10.8 Å². The third kappa shape index (κ3) is 4.14. The van der Waals surface area contributed by atoms with Crippen molar-refractivity contribution in [2.24, 2.45) is 0 Å². The molecule has 0 saturated heterocycles. The number of nitrogens with zero attached hydrogens (tertiary/aromatic N) is 1. The minimum atomic E-state index is -1.24. The van der Waals surface area contributed by atoms with E-state index in [1.807, 2.05) is 13.8 Å². The van der Waals surface area contributed by atoms with Gasteiger partial charge in [-0.05, 0) is 18.2 Å². The predicted molar refractivity (Wildman–Crippen MR) is 79.1 cm³/mol. The summed E-state index contributed by atoms with van der Waals surface area (Å²) in [5.74, 6) is 1.99. The fraction of sp³-hybridized carbons (Fsp3) is 0.400. The average Bonchev–Trinajstić information content (AvgIpc) is 2.87. The maximum Gasteiger partial charge on any atom is 0.206 e. The molecule has 21 heavy (non-hydrogen) atoms. The van der Waals surface area contributed by atoms with Crippen molar-refractivity contribution in [2.45, 2.75) is 31.3 Å². The Balaban J connectivity index is 2.06. The first-order valence-corrected chi connectivity index (χ1v) is 8.10. The van der Waals surface area contributed by atoms with Gasteiger partial charge < -0.3 is 9.15 Å². The Kier molecular flexibility index (Phi) is 5.12. The minimum absolute atomic E-state index is 0.195. The van der Waals surface area contributed by atoms with Crippen molar-refractivity contribution in [1.29, 1.82) is 0 Å². The van der Waals surface area contributed by atoms with Crippen LogP contribution in [0.4, 0.5) is 4.39 Å². The lowest BCUT2D eigenvalue weighted by Crippen LogP contribution is -2.02. The van der Waals surface area contributed by atoms with Crippen molar-refractivity contribution in [3.63, 3.8) is 0 Å². The second-order valence-electron chi connectivity index (χ2n) is 5.00. The molecule has 0 amide bonds. The number of halogens is 1. The molecule has 1 aromatic heterocycles. The highest BCUT2D eigenvalue weighted by atomic mass is 32.2. The predicted octanol–water partition coefficient (Wildman–Crippen LogP) is 3.39. The number of aromatic nitrogens is 1. The van der Waals surface area contributed by atoms with E-state index in [0.29, 0.717) is 17.2 Å². The van der Waals surface area contributed by atoms with Gasteiger partial charge in [0.1, 0.15) is 23.1 Å². The van der Waals surface area contributed by atoms with Gasteiger partial charge in [0.05, 0.1) is 19.1 Å². The van der Waals surface area contributed by atoms with Crippen molar-refractivity contribution in [3.8, 4) is 5.75 Å². The van der Waals surface area contributed by atoms with Crippen LogP contribution in [0.1, 0.15) is 37.0 Å². The van der Waals surface area contributed by atoms with Crippen LogP contribution in [0.25, 0.3) is 0 Å². The molecular weight excluding hydrogens is 293 g/mol. The normalized spacial score (nSPS) is 12.6. The lowest BCUT2D eigenvalue weighted by atomic mass is 10.2. The minimum Gasteiger partial charge on any atom is -0.496 e. The Morgan fingerprint density at radius 2 is 2.14 bits per heavy atom. The van der Waals surface area contributed by atoms with E-state index in [4.69, 9.17) is 9.15 Å². The van der Waals surface area contributed by atoms with E-state index in [0.717, 1.165) is 5.76 Å². The van der Waals surface area contributed by atoms with Gasteiger partial charge in [0, 0.05) is 22.3 Å². The lowest BCUT2D eigenvalue weighted by molar-refractivity contribution is 0.410. The molecule has 1 heterocycles. The van der Waals surface area contributed by atoms with Crippen LogP contribution in [0.3, 0.4) is 0 Å². The SMILES string of the molecule is COc1ccc(F)cc1CS(=O)Cc1ncc(C(C)C)o1. The molecule has 2 rings (SSSR count). The van der Waals surface area contributed by atoms with Gasteiger partial charge in [-0.2, -0.15) is 0 Å². The fourth-order valence-corrected chi connectivity index (χ4v) is 2.96. The molecule has 0 radical (unpaired) electrons. The average molecular weight is 311 g/mol. The zero-order valence-electron chi connectivity index (χ0n) is 12.3. The second kappa shape index (κ2) is 6.85. The van der Waals surface area contributed by atoms with Crippen molar-refractivity contribution in [3.05, 3.63) is 47.4 Å². The molecule has 114 valence electrons. The summed E-state index contributed by atoms with van der Waals surface area (Å²) in [5, 5.41) is 0. The number of hydrogen-bond donors (Lipinski definition) is 0. The molecule has 0 fully saturated rings. The van der Waals surface area contributed by atoms with Gasteiger partial charge >= 0.3 is 0 Å². The first-order valence-electron chi connectivity index (χ1n) is 6.61. The molecule has 0 saturated carbocycles.